The molecule has 0 atom stereocenters. The van der Waals surface area contributed by atoms with Gasteiger partial charge in [0.2, 0.25) is 0 Å². The van der Waals surface area contributed by atoms with Crippen molar-refractivity contribution in [2.45, 2.75) is 38.5 Å². The third kappa shape index (κ3) is 3.55. The lowest BCUT2D eigenvalue weighted by molar-refractivity contribution is -0.177. The molecule has 0 aliphatic heterocycles. The lowest BCUT2D eigenvalue weighted by Gasteiger charge is -2.16. The van der Waals surface area contributed by atoms with Crippen molar-refractivity contribution in [3.63, 3.8) is 0 Å². The van der Waals surface area contributed by atoms with Crippen LogP contribution in [0.4, 0.5) is 13.2 Å². The molecule has 1 aliphatic carbocycles. The second-order valence-corrected chi connectivity index (χ2v) is 4.53. The van der Waals surface area contributed by atoms with E-state index in [1.165, 1.54) is 0 Å². The maximum absolute atomic E-state index is 11.9. The first-order valence-corrected chi connectivity index (χ1v) is 6.02. The van der Waals surface area contributed by atoms with Gasteiger partial charge in [0, 0.05) is 11.3 Å². The first-order chi connectivity index (χ1) is 8.46. The number of aromatic nitrogens is 2. The van der Waals surface area contributed by atoms with Gasteiger partial charge in [-0.3, -0.25) is 0 Å². The molecular weight excluding hydrogens is 269 g/mol. The minimum atomic E-state index is -4.34. The summed E-state index contributed by atoms with van der Waals surface area (Å²) >= 11 is 5.99. The topological polar surface area (TPSA) is 35.0 Å². The fraction of sp³-hybridized carbons (Fsp3) is 0.636. The second-order valence-electron chi connectivity index (χ2n) is 4.17. The van der Waals surface area contributed by atoms with Gasteiger partial charge in [-0.15, -0.1) is 0 Å². The van der Waals surface area contributed by atoms with E-state index in [4.69, 9.17) is 11.6 Å². The Hall–Kier alpha value is -0.880. The predicted octanol–water partition coefficient (Wildman–Crippen LogP) is 3.09. The van der Waals surface area contributed by atoms with Crippen LogP contribution in [-0.4, -0.2) is 22.8 Å². The summed E-state index contributed by atoms with van der Waals surface area (Å²) in [5, 5.41) is 0.338. The molecule has 0 fully saturated rings. The van der Waals surface area contributed by atoms with Gasteiger partial charge >= 0.3 is 6.18 Å². The van der Waals surface area contributed by atoms with E-state index in [2.05, 4.69) is 14.7 Å². The van der Waals surface area contributed by atoms with Gasteiger partial charge in [-0.1, -0.05) is 11.6 Å². The first-order valence-electron chi connectivity index (χ1n) is 5.64. The standard InChI is InChI=1S/C11H12ClF3N2O/c12-10-7-3-1-2-4-8(7)16-9(17-10)5-18-6-11(13,14)15/h1-6H2. The van der Waals surface area contributed by atoms with Crippen molar-refractivity contribution in [3.05, 3.63) is 22.2 Å². The highest BCUT2D eigenvalue weighted by Gasteiger charge is 2.27. The summed E-state index contributed by atoms with van der Waals surface area (Å²) in [7, 11) is 0. The maximum atomic E-state index is 11.9. The van der Waals surface area contributed by atoms with E-state index in [1.807, 2.05) is 0 Å². The Labute approximate surface area is 107 Å². The van der Waals surface area contributed by atoms with Crippen LogP contribution in [-0.2, 0) is 24.2 Å². The molecule has 0 unspecified atom stereocenters. The summed E-state index contributed by atoms with van der Waals surface area (Å²) in [5.74, 6) is 0.213. The highest BCUT2D eigenvalue weighted by Crippen LogP contribution is 2.25. The van der Waals surface area contributed by atoms with Gasteiger partial charge in [0.25, 0.3) is 0 Å². The molecule has 2 rings (SSSR count). The van der Waals surface area contributed by atoms with Crippen LogP contribution in [0.3, 0.4) is 0 Å². The Morgan fingerprint density at radius 1 is 1.17 bits per heavy atom. The largest absolute Gasteiger partial charge is 0.411 e. The summed E-state index contributed by atoms with van der Waals surface area (Å²) in [5.41, 5.74) is 1.76. The summed E-state index contributed by atoms with van der Waals surface area (Å²) < 4.78 is 40.3. The summed E-state index contributed by atoms with van der Waals surface area (Å²) in [6.07, 6.45) is -0.650. The molecule has 1 heterocycles. The SMILES string of the molecule is FC(F)(F)COCc1nc(Cl)c2c(n1)CCCC2. The third-order valence-electron chi connectivity index (χ3n) is 2.68. The van der Waals surface area contributed by atoms with Gasteiger partial charge in [0.05, 0.1) is 0 Å². The van der Waals surface area contributed by atoms with E-state index >= 15 is 0 Å². The number of fused-ring (bicyclic) bond motifs is 1. The van der Waals surface area contributed by atoms with E-state index in [0.717, 1.165) is 36.9 Å². The van der Waals surface area contributed by atoms with Crippen molar-refractivity contribution >= 4 is 11.6 Å². The van der Waals surface area contributed by atoms with Gasteiger partial charge in [0.1, 0.15) is 18.4 Å². The third-order valence-corrected chi connectivity index (χ3v) is 2.99. The predicted molar refractivity (Wildman–Crippen MR) is 59.4 cm³/mol. The molecular formula is C11H12ClF3N2O. The van der Waals surface area contributed by atoms with Gasteiger partial charge in [-0.05, 0) is 25.7 Å². The molecule has 7 heteroatoms. The first kappa shape index (κ1) is 13.5. The van der Waals surface area contributed by atoms with Crippen LogP contribution in [0.15, 0.2) is 0 Å². The Bertz CT molecular complexity index is 437. The summed E-state index contributed by atoms with van der Waals surface area (Å²) in [4.78, 5) is 8.17. The van der Waals surface area contributed by atoms with Crippen LogP contribution >= 0.6 is 11.6 Å². The van der Waals surface area contributed by atoms with Gasteiger partial charge in [-0.2, -0.15) is 13.2 Å². The number of aryl methyl sites for hydroxylation is 1. The number of halogens is 4. The molecule has 100 valence electrons. The van der Waals surface area contributed by atoms with Crippen LogP contribution in [0, 0.1) is 0 Å². The number of ether oxygens (including phenoxy) is 1. The number of rotatable bonds is 3. The van der Waals surface area contributed by atoms with Crippen molar-refractivity contribution in [2.24, 2.45) is 0 Å². The Morgan fingerprint density at radius 2 is 1.89 bits per heavy atom. The van der Waals surface area contributed by atoms with Crippen molar-refractivity contribution in [3.8, 4) is 0 Å². The van der Waals surface area contributed by atoms with Crippen LogP contribution in [0.1, 0.15) is 29.9 Å². The highest BCUT2D eigenvalue weighted by atomic mass is 35.5. The van der Waals surface area contributed by atoms with Gasteiger partial charge in [-0.25, -0.2) is 9.97 Å². The number of hydrogen-bond acceptors (Lipinski definition) is 3. The molecule has 0 N–H and O–H groups in total. The van der Waals surface area contributed by atoms with Crippen molar-refractivity contribution in [1.29, 1.82) is 0 Å². The molecule has 1 aliphatic rings. The molecule has 0 saturated heterocycles. The molecule has 0 bridgehead atoms. The molecule has 0 saturated carbocycles. The summed E-state index contributed by atoms with van der Waals surface area (Å²) in [6.45, 7) is -1.57. The van der Waals surface area contributed by atoms with E-state index in [0.29, 0.717) is 5.15 Å². The van der Waals surface area contributed by atoms with E-state index in [-0.39, 0.29) is 12.4 Å². The molecule has 0 spiro atoms. The van der Waals surface area contributed by atoms with E-state index < -0.39 is 12.8 Å². The maximum Gasteiger partial charge on any atom is 0.411 e. The van der Waals surface area contributed by atoms with Crippen LogP contribution in [0.2, 0.25) is 5.15 Å². The Kier molecular flexibility index (Phi) is 4.07. The molecule has 3 nitrogen and oxygen atoms in total. The molecule has 0 radical (unpaired) electrons. The molecule has 0 amide bonds. The van der Waals surface area contributed by atoms with Crippen LogP contribution in [0.25, 0.3) is 0 Å². The van der Waals surface area contributed by atoms with Crippen molar-refractivity contribution < 1.29 is 17.9 Å². The average molecular weight is 281 g/mol. The monoisotopic (exact) mass is 280 g/mol. The number of hydrogen-bond donors (Lipinski definition) is 0. The molecule has 1 aromatic heterocycles. The van der Waals surface area contributed by atoms with Crippen LogP contribution in [0.5, 0.6) is 0 Å². The van der Waals surface area contributed by atoms with E-state index in [1.54, 1.807) is 0 Å². The zero-order valence-corrected chi connectivity index (χ0v) is 10.3. The normalized spacial score (nSPS) is 15.6. The average Bonchev–Trinajstić information content (AvgIpc) is 2.27. The van der Waals surface area contributed by atoms with Crippen LogP contribution < -0.4 is 0 Å². The number of nitrogens with zero attached hydrogens (tertiary/aromatic N) is 2. The van der Waals surface area contributed by atoms with Gasteiger partial charge in [0.15, 0.2) is 5.82 Å². The molecule has 0 aromatic carbocycles. The number of alkyl halides is 3. The zero-order chi connectivity index (χ0) is 13.2. The molecule has 1 aromatic rings. The Morgan fingerprint density at radius 3 is 2.61 bits per heavy atom. The Balaban J connectivity index is 2.03. The van der Waals surface area contributed by atoms with Crippen molar-refractivity contribution in [1.82, 2.24) is 9.97 Å². The second kappa shape index (κ2) is 5.40. The fourth-order valence-corrected chi connectivity index (χ4v) is 2.22. The van der Waals surface area contributed by atoms with E-state index in [9.17, 15) is 13.2 Å². The van der Waals surface area contributed by atoms with Crippen molar-refractivity contribution in [2.75, 3.05) is 6.61 Å². The lowest BCUT2D eigenvalue weighted by atomic mass is 9.97. The minimum Gasteiger partial charge on any atom is -0.364 e. The fourth-order valence-electron chi connectivity index (χ4n) is 1.92. The summed E-state index contributed by atoms with van der Waals surface area (Å²) in [6, 6.07) is 0. The minimum absolute atomic E-state index is 0.213. The smallest absolute Gasteiger partial charge is 0.364 e. The highest BCUT2D eigenvalue weighted by molar-refractivity contribution is 6.30. The van der Waals surface area contributed by atoms with Gasteiger partial charge < -0.3 is 4.74 Å². The molecule has 18 heavy (non-hydrogen) atoms. The quantitative estimate of drug-likeness (QED) is 0.798. The lowest BCUT2D eigenvalue weighted by Crippen LogP contribution is -2.18. The zero-order valence-electron chi connectivity index (χ0n) is 9.56.